The molecule has 0 unspecified atom stereocenters. The van der Waals surface area contributed by atoms with Crippen molar-refractivity contribution < 1.29 is 0 Å². The van der Waals surface area contributed by atoms with Gasteiger partial charge in [-0.2, -0.15) is 9.61 Å². The molecule has 3 heterocycles. The quantitative estimate of drug-likeness (QED) is 0.587. The molecule has 126 valence electrons. The Morgan fingerprint density at radius 2 is 2.00 bits per heavy atom. The van der Waals surface area contributed by atoms with Crippen LogP contribution in [0.4, 0.5) is 5.82 Å². The third-order valence-corrected chi connectivity index (χ3v) is 4.09. The van der Waals surface area contributed by atoms with Crippen LogP contribution in [0.25, 0.3) is 5.65 Å². The van der Waals surface area contributed by atoms with E-state index in [1.165, 1.54) is 5.56 Å². The van der Waals surface area contributed by atoms with Crippen molar-refractivity contribution in [2.45, 2.75) is 26.4 Å². The molecule has 0 saturated carbocycles. The second-order valence-electron chi connectivity index (χ2n) is 5.91. The van der Waals surface area contributed by atoms with E-state index >= 15 is 0 Å². The second kappa shape index (κ2) is 6.72. The summed E-state index contributed by atoms with van der Waals surface area (Å²) in [5.41, 5.74) is 3.08. The van der Waals surface area contributed by atoms with E-state index in [4.69, 9.17) is 0 Å². The van der Waals surface area contributed by atoms with Gasteiger partial charge in [-0.3, -0.25) is 0 Å². The van der Waals surface area contributed by atoms with Crippen LogP contribution in [0.2, 0.25) is 0 Å². The molecular formula is C18H19N7. The van der Waals surface area contributed by atoms with Crippen molar-refractivity contribution in [1.82, 2.24) is 29.4 Å². The van der Waals surface area contributed by atoms with Gasteiger partial charge in [-0.05, 0) is 18.9 Å². The minimum Gasteiger partial charge on any atom is -0.363 e. The number of anilines is 1. The summed E-state index contributed by atoms with van der Waals surface area (Å²) >= 11 is 0. The number of fused-ring (bicyclic) bond motifs is 1. The van der Waals surface area contributed by atoms with Crippen molar-refractivity contribution in [3.63, 3.8) is 0 Å². The first kappa shape index (κ1) is 15.3. The molecule has 0 aliphatic rings. The van der Waals surface area contributed by atoms with Crippen molar-refractivity contribution in [3.05, 3.63) is 72.1 Å². The number of hydrogen-bond acceptors (Lipinski definition) is 5. The lowest BCUT2D eigenvalue weighted by atomic mass is 10.1. The van der Waals surface area contributed by atoms with E-state index in [1.807, 2.05) is 25.1 Å². The number of nitrogens with one attached hydrogen (secondary N) is 1. The lowest BCUT2D eigenvalue weighted by Gasteiger charge is -2.10. The molecule has 0 amide bonds. The van der Waals surface area contributed by atoms with Gasteiger partial charge >= 0.3 is 0 Å². The lowest BCUT2D eigenvalue weighted by Crippen LogP contribution is -2.12. The average Bonchev–Trinajstić information content (AvgIpc) is 3.27. The zero-order valence-corrected chi connectivity index (χ0v) is 14.0. The van der Waals surface area contributed by atoms with E-state index in [0.29, 0.717) is 6.54 Å². The van der Waals surface area contributed by atoms with Crippen molar-refractivity contribution in [2.24, 2.45) is 0 Å². The van der Waals surface area contributed by atoms with E-state index in [1.54, 1.807) is 17.0 Å². The molecule has 0 aliphatic heterocycles. The van der Waals surface area contributed by atoms with Crippen LogP contribution in [-0.4, -0.2) is 29.4 Å². The number of aryl methyl sites for hydroxylation is 3. The molecule has 4 aromatic rings. The smallest absolute Gasteiger partial charge is 0.157 e. The van der Waals surface area contributed by atoms with Crippen LogP contribution in [0, 0.1) is 6.92 Å². The van der Waals surface area contributed by atoms with Crippen molar-refractivity contribution in [3.8, 4) is 0 Å². The Bertz CT molecular complexity index is 971. The molecule has 0 fully saturated rings. The van der Waals surface area contributed by atoms with Crippen molar-refractivity contribution in [2.75, 3.05) is 5.32 Å². The highest BCUT2D eigenvalue weighted by Gasteiger charge is 2.08. The minimum atomic E-state index is 0.577. The van der Waals surface area contributed by atoms with Crippen LogP contribution in [-0.2, 0) is 19.5 Å². The van der Waals surface area contributed by atoms with Gasteiger partial charge in [0.1, 0.15) is 12.1 Å². The zero-order chi connectivity index (χ0) is 17.1. The largest absolute Gasteiger partial charge is 0.363 e. The molecule has 4 rings (SSSR count). The summed E-state index contributed by atoms with van der Waals surface area (Å²) in [4.78, 5) is 4.45. The molecule has 1 N–H and O–H groups in total. The van der Waals surface area contributed by atoms with Gasteiger partial charge in [-0.1, -0.05) is 30.3 Å². The molecule has 0 spiro atoms. The number of nitrogens with zero attached hydrogens (tertiary/aromatic N) is 6. The molecule has 1 aromatic carbocycles. The highest BCUT2D eigenvalue weighted by atomic mass is 15.3. The Balaban J connectivity index is 1.46. The Morgan fingerprint density at radius 1 is 1.12 bits per heavy atom. The van der Waals surface area contributed by atoms with Gasteiger partial charge in [0.15, 0.2) is 11.5 Å². The molecule has 0 radical (unpaired) electrons. The standard InChI is InChI=1S/C18H19N7/c1-14-11-17(25-16(22-14)7-9-21-25)19-12-18-23-20-13-24(18)10-8-15-5-3-2-4-6-15/h2-7,9,11,13,19H,8,10,12H2,1H3. The first-order valence-corrected chi connectivity index (χ1v) is 8.25. The number of aromatic nitrogens is 6. The van der Waals surface area contributed by atoms with Gasteiger partial charge in [0.2, 0.25) is 0 Å². The summed E-state index contributed by atoms with van der Waals surface area (Å²) < 4.78 is 3.87. The Kier molecular flexibility index (Phi) is 4.12. The number of hydrogen-bond donors (Lipinski definition) is 1. The summed E-state index contributed by atoms with van der Waals surface area (Å²) in [5, 5.41) is 16.0. The summed E-state index contributed by atoms with van der Waals surface area (Å²) in [6.07, 6.45) is 4.47. The molecule has 0 saturated heterocycles. The molecule has 3 aromatic heterocycles. The topological polar surface area (TPSA) is 72.9 Å². The van der Waals surface area contributed by atoms with Crippen molar-refractivity contribution >= 4 is 11.5 Å². The number of benzene rings is 1. The normalized spacial score (nSPS) is 11.1. The third kappa shape index (κ3) is 3.35. The SMILES string of the molecule is Cc1cc(NCc2nncn2CCc2ccccc2)n2nccc2n1. The van der Waals surface area contributed by atoms with E-state index < -0.39 is 0 Å². The van der Waals surface area contributed by atoms with E-state index in [9.17, 15) is 0 Å². The van der Waals surface area contributed by atoms with E-state index in [-0.39, 0.29) is 0 Å². The van der Waals surface area contributed by atoms with Gasteiger partial charge in [0.25, 0.3) is 0 Å². The fourth-order valence-corrected chi connectivity index (χ4v) is 2.83. The van der Waals surface area contributed by atoms with Gasteiger partial charge in [-0.25, -0.2) is 4.98 Å². The predicted octanol–water partition coefficient (Wildman–Crippen LogP) is 2.48. The first-order chi connectivity index (χ1) is 12.3. The van der Waals surface area contributed by atoms with Crippen LogP contribution in [0.1, 0.15) is 17.1 Å². The summed E-state index contributed by atoms with van der Waals surface area (Å²) in [5.74, 6) is 1.79. The molecule has 7 heteroatoms. The maximum Gasteiger partial charge on any atom is 0.157 e. The van der Waals surface area contributed by atoms with Gasteiger partial charge in [0, 0.05) is 24.4 Å². The van der Waals surface area contributed by atoms with Crippen molar-refractivity contribution in [1.29, 1.82) is 0 Å². The summed E-state index contributed by atoms with van der Waals surface area (Å²) in [7, 11) is 0. The van der Waals surface area contributed by atoms with Gasteiger partial charge in [-0.15, -0.1) is 10.2 Å². The Labute approximate surface area is 145 Å². The maximum absolute atomic E-state index is 4.45. The van der Waals surface area contributed by atoms with Gasteiger partial charge in [0.05, 0.1) is 12.7 Å². The molecule has 0 bridgehead atoms. The fraction of sp³-hybridized carbons (Fsp3) is 0.222. The van der Waals surface area contributed by atoms with E-state index in [2.05, 4.69) is 54.4 Å². The Morgan fingerprint density at radius 3 is 2.88 bits per heavy atom. The third-order valence-electron chi connectivity index (χ3n) is 4.09. The highest BCUT2D eigenvalue weighted by Crippen LogP contribution is 2.13. The van der Waals surface area contributed by atoms with Gasteiger partial charge < -0.3 is 9.88 Å². The van der Waals surface area contributed by atoms with Crippen LogP contribution in [0.3, 0.4) is 0 Å². The minimum absolute atomic E-state index is 0.577. The number of rotatable bonds is 6. The average molecular weight is 333 g/mol. The maximum atomic E-state index is 4.45. The predicted molar refractivity (Wildman–Crippen MR) is 95.2 cm³/mol. The van der Waals surface area contributed by atoms with Crippen LogP contribution >= 0.6 is 0 Å². The summed E-state index contributed by atoms with van der Waals surface area (Å²) in [6.45, 7) is 3.40. The zero-order valence-electron chi connectivity index (χ0n) is 14.0. The van der Waals surface area contributed by atoms with E-state index in [0.717, 1.165) is 35.9 Å². The first-order valence-electron chi connectivity index (χ1n) is 8.25. The monoisotopic (exact) mass is 333 g/mol. The molecule has 7 nitrogen and oxygen atoms in total. The van der Waals surface area contributed by atoms with Crippen LogP contribution in [0.15, 0.2) is 55.0 Å². The summed E-state index contributed by atoms with van der Waals surface area (Å²) in [6, 6.07) is 14.3. The molecular weight excluding hydrogens is 314 g/mol. The Hall–Kier alpha value is -3.22. The molecule has 0 atom stereocenters. The fourth-order valence-electron chi connectivity index (χ4n) is 2.83. The molecule has 0 aliphatic carbocycles. The molecule has 25 heavy (non-hydrogen) atoms. The van der Waals surface area contributed by atoms with Crippen LogP contribution < -0.4 is 5.32 Å². The lowest BCUT2D eigenvalue weighted by molar-refractivity contribution is 0.656. The van der Waals surface area contributed by atoms with Crippen LogP contribution in [0.5, 0.6) is 0 Å². The highest BCUT2D eigenvalue weighted by molar-refractivity contribution is 5.48. The second-order valence-corrected chi connectivity index (χ2v) is 5.91.